The largest absolute Gasteiger partial charge is 0.294 e. The van der Waals surface area contributed by atoms with Crippen LogP contribution in [0.5, 0.6) is 0 Å². The molecule has 0 atom stereocenters. The van der Waals surface area contributed by atoms with Crippen LogP contribution in [0.1, 0.15) is 26.2 Å². The summed E-state index contributed by atoms with van der Waals surface area (Å²) in [5.41, 5.74) is 4.52. The Kier molecular flexibility index (Phi) is 3.48. The normalized spacial score (nSPS) is 19.6. The highest BCUT2D eigenvalue weighted by Gasteiger charge is 2.16. The van der Waals surface area contributed by atoms with Gasteiger partial charge in [0.2, 0.25) is 0 Å². The Labute approximate surface area is 87.9 Å². The number of carbonyl (C=O) groups excluding carboxylic acids is 1. The minimum Gasteiger partial charge on any atom is -0.294 e. The lowest BCUT2D eigenvalue weighted by atomic mass is 9.92. The zero-order chi connectivity index (χ0) is 10.8. The Morgan fingerprint density at radius 1 is 1.21 bits per heavy atom. The molecule has 0 N–H and O–H groups in total. The average molecular weight is 208 g/mol. The average Bonchev–Trinajstić information content (AvgIpc) is 2.01. The van der Waals surface area contributed by atoms with Gasteiger partial charge in [0.1, 0.15) is 0 Å². The van der Waals surface area contributed by atoms with E-state index in [0.717, 1.165) is 24.8 Å². The molecule has 1 nitrogen and oxygen atoms in total. The van der Waals surface area contributed by atoms with Crippen molar-refractivity contribution in [3.63, 3.8) is 0 Å². The van der Waals surface area contributed by atoms with E-state index in [2.05, 4.69) is 38.3 Å². The van der Waals surface area contributed by atoms with Crippen LogP contribution >= 0.6 is 0 Å². The van der Waals surface area contributed by atoms with Crippen molar-refractivity contribution in [3.05, 3.63) is 22.9 Å². The third-order valence-electron chi connectivity index (χ3n) is 2.47. The third-order valence-corrected chi connectivity index (χ3v) is 3.63. The molecule has 2 heteroatoms. The van der Waals surface area contributed by atoms with Gasteiger partial charge < -0.3 is 0 Å². The number of allylic oxidation sites excluding steroid dienone is 3. The fourth-order valence-corrected chi connectivity index (χ4v) is 2.26. The van der Waals surface area contributed by atoms with E-state index in [1.807, 2.05) is 0 Å². The molecular weight excluding hydrogens is 188 g/mol. The fraction of sp³-hybridized carbons (Fsp3) is 0.583. The van der Waals surface area contributed by atoms with Crippen molar-refractivity contribution in [3.8, 4) is 0 Å². The molecule has 0 aromatic rings. The van der Waals surface area contributed by atoms with Crippen LogP contribution in [0, 0.1) is 0 Å². The SMILES string of the molecule is CC1=C(C=C[Si](C)(C)C)C(=O)CCC1. The smallest absolute Gasteiger partial charge is 0.162 e. The molecule has 0 aliphatic heterocycles. The van der Waals surface area contributed by atoms with E-state index in [4.69, 9.17) is 0 Å². The van der Waals surface area contributed by atoms with Crippen LogP contribution < -0.4 is 0 Å². The van der Waals surface area contributed by atoms with Gasteiger partial charge in [-0.15, -0.1) is 0 Å². The van der Waals surface area contributed by atoms with Crippen molar-refractivity contribution in [1.29, 1.82) is 0 Å². The van der Waals surface area contributed by atoms with Crippen LogP contribution in [-0.4, -0.2) is 13.9 Å². The van der Waals surface area contributed by atoms with Crippen LogP contribution in [0.4, 0.5) is 0 Å². The minimum absolute atomic E-state index is 0.336. The molecule has 0 radical (unpaired) electrons. The van der Waals surface area contributed by atoms with E-state index in [1.165, 1.54) is 5.57 Å². The number of rotatable bonds is 2. The Morgan fingerprint density at radius 2 is 1.86 bits per heavy atom. The van der Waals surface area contributed by atoms with Crippen molar-refractivity contribution in [2.45, 2.75) is 45.8 Å². The first kappa shape index (κ1) is 11.4. The van der Waals surface area contributed by atoms with Gasteiger partial charge in [-0.3, -0.25) is 4.79 Å². The lowest BCUT2D eigenvalue weighted by Crippen LogP contribution is -2.17. The Hall–Kier alpha value is -0.633. The summed E-state index contributed by atoms with van der Waals surface area (Å²) in [6.07, 6.45) is 4.94. The second-order valence-corrected chi connectivity index (χ2v) is 10.2. The van der Waals surface area contributed by atoms with Crippen molar-refractivity contribution in [1.82, 2.24) is 0 Å². The number of hydrogen-bond donors (Lipinski definition) is 0. The summed E-state index contributed by atoms with van der Waals surface area (Å²) in [4.78, 5) is 11.6. The van der Waals surface area contributed by atoms with Gasteiger partial charge in [-0.2, -0.15) is 0 Å². The predicted molar refractivity (Wildman–Crippen MR) is 64.0 cm³/mol. The summed E-state index contributed by atoms with van der Waals surface area (Å²) in [5.74, 6) is 0.336. The summed E-state index contributed by atoms with van der Waals surface area (Å²) in [6, 6.07) is 0. The number of ketones is 1. The maximum atomic E-state index is 11.6. The second-order valence-electron chi connectivity index (χ2n) is 5.17. The standard InChI is InChI=1S/C12H20OSi/c1-10-6-5-7-12(13)11(10)8-9-14(2,3)4/h8-9H,5-7H2,1-4H3. The zero-order valence-corrected chi connectivity index (χ0v) is 10.7. The van der Waals surface area contributed by atoms with E-state index < -0.39 is 8.07 Å². The van der Waals surface area contributed by atoms with Crippen molar-refractivity contribution in [2.24, 2.45) is 0 Å². The van der Waals surface area contributed by atoms with Gasteiger partial charge in [-0.1, -0.05) is 37.0 Å². The van der Waals surface area contributed by atoms with Crippen molar-refractivity contribution >= 4 is 13.9 Å². The van der Waals surface area contributed by atoms with Gasteiger partial charge in [0.05, 0.1) is 8.07 Å². The predicted octanol–water partition coefficient (Wildman–Crippen LogP) is 3.49. The summed E-state index contributed by atoms with van der Waals surface area (Å²) in [6.45, 7) is 8.94. The fourth-order valence-electron chi connectivity index (χ4n) is 1.59. The first-order chi connectivity index (χ1) is 6.40. The maximum absolute atomic E-state index is 11.6. The Morgan fingerprint density at radius 3 is 2.36 bits per heavy atom. The molecule has 78 valence electrons. The summed E-state index contributed by atoms with van der Waals surface area (Å²) in [7, 11) is -1.17. The number of carbonyl (C=O) groups is 1. The third kappa shape index (κ3) is 3.26. The molecule has 14 heavy (non-hydrogen) atoms. The summed E-state index contributed by atoms with van der Waals surface area (Å²) < 4.78 is 0. The van der Waals surface area contributed by atoms with Crippen LogP contribution in [0.3, 0.4) is 0 Å². The van der Waals surface area contributed by atoms with Gasteiger partial charge >= 0.3 is 0 Å². The molecule has 0 unspecified atom stereocenters. The molecule has 0 bridgehead atoms. The van der Waals surface area contributed by atoms with Gasteiger partial charge in [0, 0.05) is 12.0 Å². The van der Waals surface area contributed by atoms with Crippen LogP contribution in [0.25, 0.3) is 0 Å². The molecule has 0 fully saturated rings. The van der Waals surface area contributed by atoms with E-state index in [1.54, 1.807) is 0 Å². The van der Waals surface area contributed by atoms with Crippen LogP contribution in [0.2, 0.25) is 19.6 Å². The molecule has 1 aliphatic carbocycles. The molecule has 0 amide bonds. The molecule has 0 saturated heterocycles. The maximum Gasteiger partial charge on any atom is 0.162 e. The van der Waals surface area contributed by atoms with E-state index >= 15 is 0 Å². The Bertz CT molecular complexity index is 292. The highest BCUT2D eigenvalue weighted by molar-refractivity contribution is 6.81. The highest BCUT2D eigenvalue weighted by atomic mass is 28.3. The molecule has 0 aromatic heterocycles. The second kappa shape index (κ2) is 4.26. The summed E-state index contributed by atoms with van der Waals surface area (Å²) in [5, 5.41) is 0. The van der Waals surface area contributed by atoms with Gasteiger partial charge in [-0.05, 0) is 19.8 Å². The first-order valence-corrected chi connectivity index (χ1v) is 8.90. The zero-order valence-electron chi connectivity index (χ0n) is 9.68. The van der Waals surface area contributed by atoms with Crippen molar-refractivity contribution < 1.29 is 4.79 Å². The van der Waals surface area contributed by atoms with E-state index in [9.17, 15) is 4.79 Å². The lowest BCUT2D eigenvalue weighted by Gasteiger charge is -2.15. The van der Waals surface area contributed by atoms with Crippen molar-refractivity contribution in [2.75, 3.05) is 0 Å². The quantitative estimate of drug-likeness (QED) is 0.635. The molecule has 0 saturated carbocycles. The van der Waals surface area contributed by atoms with Crippen LogP contribution in [0.15, 0.2) is 22.9 Å². The van der Waals surface area contributed by atoms with E-state index in [0.29, 0.717) is 5.78 Å². The molecule has 0 spiro atoms. The first-order valence-electron chi connectivity index (χ1n) is 5.32. The van der Waals surface area contributed by atoms with Gasteiger partial charge in [-0.25, -0.2) is 0 Å². The molecular formula is C12H20OSi. The molecule has 0 heterocycles. The topological polar surface area (TPSA) is 17.1 Å². The molecule has 1 rings (SSSR count). The highest BCUT2D eigenvalue weighted by Crippen LogP contribution is 2.22. The van der Waals surface area contributed by atoms with Gasteiger partial charge in [0.15, 0.2) is 5.78 Å². The molecule has 1 aliphatic rings. The molecule has 0 aromatic carbocycles. The van der Waals surface area contributed by atoms with Gasteiger partial charge in [0.25, 0.3) is 0 Å². The van der Waals surface area contributed by atoms with E-state index in [-0.39, 0.29) is 0 Å². The minimum atomic E-state index is -1.17. The number of hydrogen-bond acceptors (Lipinski definition) is 1. The summed E-state index contributed by atoms with van der Waals surface area (Å²) >= 11 is 0. The Balaban J connectivity index is 2.86. The number of Topliss-reactive ketones (excluding diaryl/α,β-unsaturated/α-hetero) is 1. The van der Waals surface area contributed by atoms with Crippen LogP contribution in [-0.2, 0) is 4.79 Å². The monoisotopic (exact) mass is 208 g/mol. The lowest BCUT2D eigenvalue weighted by molar-refractivity contribution is -0.115.